The molecule has 0 saturated heterocycles. The van der Waals surface area contributed by atoms with E-state index in [1.165, 1.54) is 6.07 Å². The van der Waals surface area contributed by atoms with E-state index >= 15 is 0 Å². The Kier molecular flexibility index (Phi) is 6.79. The molecule has 1 amide bonds. The second-order valence-corrected chi connectivity index (χ2v) is 5.82. The van der Waals surface area contributed by atoms with Crippen LogP contribution in [0.15, 0.2) is 48.5 Å². The van der Waals surface area contributed by atoms with Gasteiger partial charge in [-0.2, -0.15) is 18.4 Å². The SMILES string of the molecule is N#Cc1cccc(NC(=O)COC(=O)/C=C/c2cc(C(F)(F)F)ccc2Cl)c1. The average Bonchev–Trinajstić information content (AvgIpc) is 2.65. The van der Waals surface area contributed by atoms with Crippen molar-refractivity contribution in [2.45, 2.75) is 6.18 Å². The lowest BCUT2D eigenvalue weighted by atomic mass is 10.1. The molecule has 0 unspecified atom stereocenters. The van der Waals surface area contributed by atoms with Crippen molar-refractivity contribution in [2.75, 3.05) is 11.9 Å². The first-order valence-corrected chi connectivity index (χ1v) is 8.08. The molecule has 0 bridgehead atoms. The fourth-order valence-corrected chi connectivity index (χ4v) is 2.23. The maximum atomic E-state index is 12.7. The average molecular weight is 409 g/mol. The van der Waals surface area contributed by atoms with E-state index in [-0.39, 0.29) is 10.6 Å². The second-order valence-electron chi connectivity index (χ2n) is 5.42. The van der Waals surface area contributed by atoms with Crippen LogP contribution >= 0.6 is 11.6 Å². The van der Waals surface area contributed by atoms with E-state index in [1.807, 2.05) is 6.07 Å². The maximum absolute atomic E-state index is 12.7. The van der Waals surface area contributed by atoms with E-state index in [1.54, 1.807) is 18.2 Å². The number of nitrogens with zero attached hydrogens (tertiary/aromatic N) is 1. The number of anilines is 1. The van der Waals surface area contributed by atoms with Gasteiger partial charge in [-0.25, -0.2) is 4.79 Å². The van der Waals surface area contributed by atoms with Gasteiger partial charge < -0.3 is 10.1 Å². The van der Waals surface area contributed by atoms with Crippen molar-refractivity contribution in [1.29, 1.82) is 5.26 Å². The third-order valence-corrected chi connectivity index (χ3v) is 3.69. The molecule has 0 heterocycles. The minimum absolute atomic E-state index is 0.0205. The molecule has 2 aromatic rings. The summed E-state index contributed by atoms with van der Waals surface area (Å²) in [5.41, 5.74) is -0.239. The van der Waals surface area contributed by atoms with E-state index in [4.69, 9.17) is 21.6 Å². The summed E-state index contributed by atoms with van der Waals surface area (Å²) in [5, 5.41) is 11.3. The highest BCUT2D eigenvalue weighted by Gasteiger charge is 2.30. The Labute approximate surface area is 163 Å². The molecule has 0 aliphatic rings. The molecule has 0 spiro atoms. The molecule has 2 rings (SSSR count). The van der Waals surface area contributed by atoms with Gasteiger partial charge in [-0.05, 0) is 48.0 Å². The van der Waals surface area contributed by atoms with E-state index < -0.39 is 30.2 Å². The number of benzene rings is 2. The number of nitriles is 1. The van der Waals surface area contributed by atoms with Crippen molar-refractivity contribution in [3.05, 3.63) is 70.3 Å². The smallest absolute Gasteiger partial charge is 0.416 e. The largest absolute Gasteiger partial charge is 0.452 e. The fourth-order valence-electron chi connectivity index (χ4n) is 2.05. The Bertz CT molecular complexity index is 966. The Balaban J connectivity index is 1.93. The van der Waals surface area contributed by atoms with Crippen molar-refractivity contribution >= 4 is 35.2 Å². The van der Waals surface area contributed by atoms with Crippen molar-refractivity contribution < 1.29 is 27.5 Å². The zero-order valence-electron chi connectivity index (χ0n) is 14.1. The van der Waals surface area contributed by atoms with Gasteiger partial charge in [-0.1, -0.05) is 17.7 Å². The van der Waals surface area contributed by atoms with Gasteiger partial charge in [0.1, 0.15) is 0 Å². The fraction of sp³-hybridized carbons (Fsp3) is 0.105. The number of ether oxygens (including phenoxy) is 1. The molecule has 2 aromatic carbocycles. The minimum atomic E-state index is -4.55. The minimum Gasteiger partial charge on any atom is -0.452 e. The number of hydrogen-bond acceptors (Lipinski definition) is 4. The summed E-state index contributed by atoms with van der Waals surface area (Å²) >= 11 is 5.81. The van der Waals surface area contributed by atoms with Gasteiger partial charge >= 0.3 is 12.1 Å². The summed E-state index contributed by atoms with van der Waals surface area (Å²) in [6.45, 7) is -0.615. The standard InChI is InChI=1S/C19H12ClF3N2O3/c20-16-6-5-14(19(21,22)23)9-13(16)4-7-18(27)28-11-17(26)25-15-3-1-2-12(8-15)10-24/h1-9H,11H2,(H,25,26)/b7-4+. The molecule has 9 heteroatoms. The van der Waals surface area contributed by atoms with E-state index in [0.717, 1.165) is 30.4 Å². The summed E-state index contributed by atoms with van der Waals surface area (Å²) in [6.07, 6.45) is -2.62. The van der Waals surface area contributed by atoms with Crippen LogP contribution in [0, 0.1) is 11.3 Å². The summed E-state index contributed by atoms with van der Waals surface area (Å²) in [6, 6.07) is 10.7. The normalized spacial score (nSPS) is 11.1. The molecule has 0 saturated carbocycles. The van der Waals surface area contributed by atoms with Crippen LogP contribution in [0.4, 0.5) is 18.9 Å². The molecule has 28 heavy (non-hydrogen) atoms. The third-order valence-electron chi connectivity index (χ3n) is 3.34. The van der Waals surface area contributed by atoms with Crippen LogP contribution < -0.4 is 5.32 Å². The lowest BCUT2D eigenvalue weighted by molar-refractivity contribution is -0.142. The molecule has 144 valence electrons. The molecule has 1 N–H and O–H groups in total. The number of amides is 1. The highest BCUT2D eigenvalue weighted by Crippen LogP contribution is 2.32. The number of hydrogen-bond donors (Lipinski definition) is 1. The molecular weight excluding hydrogens is 397 g/mol. The van der Waals surface area contributed by atoms with Crippen LogP contribution in [-0.4, -0.2) is 18.5 Å². The van der Waals surface area contributed by atoms with Crippen molar-refractivity contribution in [3.63, 3.8) is 0 Å². The monoisotopic (exact) mass is 408 g/mol. The van der Waals surface area contributed by atoms with Crippen molar-refractivity contribution in [3.8, 4) is 6.07 Å². The molecule has 0 aromatic heterocycles. The van der Waals surface area contributed by atoms with Gasteiger partial charge in [-0.3, -0.25) is 4.79 Å². The Morgan fingerprint density at radius 3 is 2.64 bits per heavy atom. The van der Waals surface area contributed by atoms with Gasteiger partial charge in [0.05, 0.1) is 17.2 Å². The maximum Gasteiger partial charge on any atom is 0.416 e. The van der Waals surface area contributed by atoms with Crippen LogP contribution in [0.25, 0.3) is 6.08 Å². The number of nitrogens with one attached hydrogen (secondary N) is 1. The zero-order chi connectivity index (χ0) is 20.7. The molecule has 0 fully saturated rings. The topological polar surface area (TPSA) is 79.2 Å². The Morgan fingerprint density at radius 2 is 1.96 bits per heavy atom. The molecule has 0 atom stereocenters. The van der Waals surface area contributed by atoms with Crippen LogP contribution in [-0.2, 0) is 20.5 Å². The number of carbonyl (C=O) groups is 2. The first-order valence-electron chi connectivity index (χ1n) is 7.70. The van der Waals surface area contributed by atoms with Gasteiger partial charge in [0, 0.05) is 16.8 Å². The molecule has 0 aliphatic carbocycles. The van der Waals surface area contributed by atoms with Crippen LogP contribution in [0.2, 0.25) is 5.02 Å². The van der Waals surface area contributed by atoms with Crippen molar-refractivity contribution in [1.82, 2.24) is 0 Å². The van der Waals surface area contributed by atoms with E-state index in [9.17, 15) is 22.8 Å². The molecule has 0 radical (unpaired) electrons. The summed E-state index contributed by atoms with van der Waals surface area (Å²) in [4.78, 5) is 23.4. The van der Waals surface area contributed by atoms with E-state index in [0.29, 0.717) is 11.3 Å². The third kappa shape index (κ3) is 6.14. The van der Waals surface area contributed by atoms with Crippen LogP contribution in [0.3, 0.4) is 0 Å². The molecule has 0 aliphatic heterocycles. The van der Waals surface area contributed by atoms with Gasteiger partial charge in [0.25, 0.3) is 5.91 Å². The Hall–Kier alpha value is -3.31. The quantitative estimate of drug-likeness (QED) is 0.586. The predicted molar refractivity (Wildman–Crippen MR) is 96.2 cm³/mol. The number of rotatable bonds is 5. The number of carbonyl (C=O) groups excluding carboxylic acids is 2. The number of halogens is 4. The van der Waals surface area contributed by atoms with E-state index in [2.05, 4.69) is 5.32 Å². The lowest BCUT2D eigenvalue weighted by Crippen LogP contribution is -2.20. The second kappa shape index (κ2) is 9.06. The summed E-state index contributed by atoms with van der Waals surface area (Å²) < 4.78 is 42.9. The van der Waals surface area contributed by atoms with Gasteiger partial charge in [0.2, 0.25) is 0 Å². The zero-order valence-corrected chi connectivity index (χ0v) is 14.8. The van der Waals surface area contributed by atoms with Crippen molar-refractivity contribution in [2.24, 2.45) is 0 Å². The first-order chi connectivity index (χ1) is 13.2. The predicted octanol–water partition coefficient (Wildman–Crippen LogP) is 4.43. The first kappa shape index (κ1) is 21.0. The van der Waals surface area contributed by atoms with Gasteiger partial charge in [-0.15, -0.1) is 0 Å². The van der Waals surface area contributed by atoms with Crippen LogP contribution in [0.5, 0.6) is 0 Å². The number of alkyl halides is 3. The highest BCUT2D eigenvalue weighted by atomic mass is 35.5. The number of esters is 1. The summed E-state index contributed by atoms with van der Waals surface area (Å²) in [7, 11) is 0. The molecule has 5 nitrogen and oxygen atoms in total. The van der Waals surface area contributed by atoms with Crippen LogP contribution in [0.1, 0.15) is 16.7 Å². The highest BCUT2D eigenvalue weighted by molar-refractivity contribution is 6.32. The lowest BCUT2D eigenvalue weighted by Gasteiger charge is -2.08. The molecular formula is C19H12ClF3N2O3. The van der Waals surface area contributed by atoms with Gasteiger partial charge in [0.15, 0.2) is 6.61 Å². The Morgan fingerprint density at radius 1 is 1.21 bits per heavy atom. The summed E-state index contributed by atoms with van der Waals surface area (Å²) in [5.74, 6) is -1.58.